The summed E-state index contributed by atoms with van der Waals surface area (Å²) in [6.07, 6.45) is -0.940. The average molecular weight is 389 g/mol. The zero-order valence-corrected chi connectivity index (χ0v) is 16.4. The Morgan fingerprint density at radius 3 is 2.24 bits per heavy atom. The molecule has 0 bridgehead atoms. The van der Waals surface area contributed by atoms with Gasteiger partial charge in [0.05, 0.1) is 12.2 Å². The first-order valence-electron chi connectivity index (χ1n) is 9.32. The molecule has 0 spiro atoms. The topological polar surface area (TPSA) is 64.6 Å². The lowest BCUT2D eigenvalue weighted by Gasteiger charge is -2.16. The van der Waals surface area contributed by atoms with Crippen LogP contribution in [0.1, 0.15) is 22.8 Å². The van der Waals surface area contributed by atoms with Crippen molar-refractivity contribution in [2.75, 3.05) is 12.4 Å². The molecule has 3 rings (SSSR count). The van der Waals surface area contributed by atoms with E-state index in [0.29, 0.717) is 17.9 Å². The van der Waals surface area contributed by atoms with E-state index in [1.807, 2.05) is 54.6 Å². The number of anilines is 1. The minimum absolute atomic E-state index is 0.384. The first-order valence-corrected chi connectivity index (χ1v) is 9.32. The van der Waals surface area contributed by atoms with Gasteiger partial charge in [0, 0.05) is 18.4 Å². The van der Waals surface area contributed by atoms with E-state index in [-0.39, 0.29) is 0 Å². The number of hydrogen-bond acceptors (Lipinski definition) is 4. The fourth-order valence-corrected chi connectivity index (χ4v) is 2.88. The second-order valence-corrected chi connectivity index (χ2v) is 6.58. The average Bonchev–Trinajstić information content (AvgIpc) is 2.75. The molecule has 0 aliphatic rings. The summed E-state index contributed by atoms with van der Waals surface area (Å²) in [6.45, 7) is 2.02. The Balaban J connectivity index is 1.66. The maximum absolute atomic E-state index is 12.6. The van der Waals surface area contributed by atoms with Gasteiger partial charge in [0.15, 0.2) is 6.10 Å². The van der Waals surface area contributed by atoms with Gasteiger partial charge in [-0.05, 0) is 36.2 Å². The van der Waals surface area contributed by atoms with Crippen LogP contribution in [-0.4, -0.2) is 25.1 Å². The third-order valence-electron chi connectivity index (χ3n) is 4.42. The molecule has 0 aliphatic carbocycles. The molecule has 1 amide bonds. The normalized spacial score (nSPS) is 11.5. The summed E-state index contributed by atoms with van der Waals surface area (Å²) in [7, 11) is 1.61. The maximum Gasteiger partial charge on any atom is 0.338 e. The van der Waals surface area contributed by atoms with Crippen LogP contribution in [0.2, 0.25) is 0 Å². The van der Waals surface area contributed by atoms with Gasteiger partial charge in [-0.2, -0.15) is 0 Å². The number of para-hydroxylation sites is 1. The predicted molar refractivity (Wildman–Crippen MR) is 113 cm³/mol. The summed E-state index contributed by atoms with van der Waals surface area (Å²) in [5.41, 5.74) is 3.88. The number of methoxy groups -OCH3 is 1. The van der Waals surface area contributed by atoms with Crippen molar-refractivity contribution in [1.29, 1.82) is 0 Å². The molecule has 0 aliphatic heterocycles. The van der Waals surface area contributed by atoms with Gasteiger partial charge in [-0.1, -0.05) is 60.7 Å². The van der Waals surface area contributed by atoms with Crippen molar-refractivity contribution < 1.29 is 19.1 Å². The van der Waals surface area contributed by atoms with Gasteiger partial charge in [0.25, 0.3) is 5.91 Å². The smallest absolute Gasteiger partial charge is 0.338 e. The van der Waals surface area contributed by atoms with E-state index in [9.17, 15) is 9.59 Å². The number of rotatable bonds is 7. The second-order valence-electron chi connectivity index (χ2n) is 6.58. The summed E-state index contributed by atoms with van der Waals surface area (Å²) in [4.78, 5) is 24.9. The number of hydrogen-bond donors (Lipinski definition) is 1. The molecule has 0 heterocycles. The standard InChI is InChI=1S/C24H23NO4/c1-17(29-24(27)20-14-12-18(13-15-20)16-28-2)23(26)25-22-11-7-6-10-21(22)19-8-4-3-5-9-19/h3-15,17H,16H2,1-2H3,(H,25,26). The number of nitrogens with one attached hydrogen (secondary N) is 1. The Labute approximate surface area is 170 Å². The molecule has 0 aromatic heterocycles. The highest BCUT2D eigenvalue weighted by Gasteiger charge is 2.20. The van der Waals surface area contributed by atoms with Crippen molar-refractivity contribution in [3.05, 3.63) is 90.0 Å². The Morgan fingerprint density at radius 1 is 0.897 bits per heavy atom. The van der Waals surface area contributed by atoms with Crippen molar-refractivity contribution in [1.82, 2.24) is 0 Å². The Morgan fingerprint density at radius 2 is 1.55 bits per heavy atom. The third kappa shape index (κ3) is 5.30. The van der Waals surface area contributed by atoms with Gasteiger partial charge < -0.3 is 14.8 Å². The van der Waals surface area contributed by atoms with E-state index in [2.05, 4.69) is 5.32 Å². The Kier molecular flexibility index (Phi) is 6.76. The van der Waals surface area contributed by atoms with Gasteiger partial charge >= 0.3 is 5.97 Å². The van der Waals surface area contributed by atoms with Crippen LogP contribution in [0.25, 0.3) is 11.1 Å². The Hall–Kier alpha value is -3.44. The summed E-state index contributed by atoms with van der Waals surface area (Å²) in [5, 5.41) is 2.86. The SMILES string of the molecule is COCc1ccc(C(=O)OC(C)C(=O)Nc2ccccc2-c2ccccc2)cc1. The number of esters is 1. The molecule has 5 nitrogen and oxygen atoms in total. The fraction of sp³-hybridized carbons (Fsp3) is 0.167. The van der Waals surface area contributed by atoms with Crippen molar-refractivity contribution in [2.24, 2.45) is 0 Å². The maximum atomic E-state index is 12.6. The molecule has 3 aromatic rings. The molecule has 3 aromatic carbocycles. The van der Waals surface area contributed by atoms with Gasteiger partial charge in [-0.25, -0.2) is 4.79 Å². The first-order chi connectivity index (χ1) is 14.1. The molecule has 1 N–H and O–H groups in total. The highest BCUT2D eigenvalue weighted by molar-refractivity contribution is 5.99. The molecule has 0 saturated heterocycles. The second kappa shape index (κ2) is 9.66. The largest absolute Gasteiger partial charge is 0.449 e. The quantitative estimate of drug-likeness (QED) is 0.596. The number of carbonyl (C=O) groups excluding carboxylic acids is 2. The van der Waals surface area contributed by atoms with E-state index in [1.165, 1.54) is 0 Å². The summed E-state index contributed by atoms with van der Waals surface area (Å²) < 4.78 is 10.4. The van der Waals surface area contributed by atoms with Crippen LogP contribution in [0.3, 0.4) is 0 Å². The van der Waals surface area contributed by atoms with E-state index in [0.717, 1.165) is 16.7 Å². The summed E-state index contributed by atoms with van der Waals surface area (Å²) in [5.74, 6) is -0.939. The number of amides is 1. The predicted octanol–water partition coefficient (Wildman–Crippen LogP) is 4.68. The molecule has 1 unspecified atom stereocenters. The molecule has 0 radical (unpaired) electrons. The lowest BCUT2D eigenvalue weighted by Crippen LogP contribution is -2.30. The van der Waals surface area contributed by atoms with Crippen LogP contribution >= 0.6 is 0 Å². The van der Waals surface area contributed by atoms with E-state index in [4.69, 9.17) is 9.47 Å². The van der Waals surface area contributed by atoms with E-state index in [1.54, 1.807) is 38.3 Å². The van der Waals surface area contributed by atoms with Crippen LogP contribution in [0.4, 0.5) is 5.69 Å². The van der Waals surface area contributed by atoms with Crippen LogP contribution < -0.4 is 5.32 Å². The van der Waals surface area contributed by atoms with Crippen LogP contribution in [0, 0.1) is 0 Å². The highest BCUT2D eigenvalue weighted by Crippen LogP contribution is 2.27. The number of carbonyl (C=O) groups is 2. The zero-order valence-electron chi connectivity index (χ0n) is 16.4. The van der Waals surface area contributed by atoms with Gasteiger partial charge in [0.2, 0.25) is 0 Å². The molecule has 5 heteroatoms. The summed E-state index contributed by atoms with van der Waals surface area (Å²) >= 11 is 0. The lowest BCUT2D eigenvalue weighted by molar-refractivity contribution is -0.123. The van der Waals surface area contributed by atoms with Crippen LogP contribution in [0.5, 0.6) is 0 Å². The Bertz CT molecular complexity index is 968. The monoisotopic (exact) mass is 389 g/mol. The first kappa shape index (κ1) is 20.3. The lowest BCUT2D eigenvalue weighted by atomic mass is 10.0. The number of ether oxygens (including phenoxy) is 2. The third-order valence-corrected chi connectivity index (χ3v) is 4.42. The molecule has 0 saturated carbocycles. The van der Waals surface area contributed by atoms with E-state index >= 15 is 0 Å². The minimum Gasteiger partial charge on any atom is -0.449 e. The van der Waals surface area contributed by atoms with Crippen LogP contribution in [-0.2, 0) is 20.9 Å². The summed E-state index contributed by atoms with van der Waals surface area (Å²) in [6, 6.07) is 24.2. The van der Waals surface area contributed by atoms with Gasteiger partial charge in [0.1, 0.15) is 0 Å². The fourth-order valence-electron chi connectivity index (χ4n) is 2.88. The van der Waals surface area contributed by atoms with Crippen molar-refractivity contribution >= 4 is 17.6 Å². The highest BCUT2D eigenvalue weighted by atomic mass is 16.5. The van der Waals surface area contributed by atoms with Crippen molar-refractivity contribution in [3.63, 3.8) is 0 Å². The van der Waals surface area contributed by atoms with Crippen LogP contribution in [0.15, 0.2) is 78.9 Å². The molecule has 148 valence electrons. The molecule has 0 fully saturated rings. The van der Waals surface area contributed by atoms with E-state index < -0.39 is 18.0 Å². The van der Waals surface area contributed by atoms with Crippen molar-refractivity contribution in [3.8, 4) is 11.1 Å². The van der Waals surface area contributed by atoms with Gasteiger partial charge in [-0.3, -0.25) is 4.79 Å². The molecule has 1 atom stereocenters. The molecular weight excluding hydrogens is 366 g/mol. The zero-order chi connectivity index (χ0) is 20.6. The van der Waals surface area contributed by atoms with Gasteiger partial charge in [-0.15, -0.1) is 0 Å². The molecule has 29 heavy (non-hydrogen) atoms. The van der Waals surface area contributed by atoms with Crippen molar-refractivity contribution in [2.45, 2.75) is 19.6 Å². The number of benzene rings is 3. The minimum atomic E-state index is -0.940. The molecular formula is C24H23NO4.